The van der Waals surface area contributed by atoms with Crippen LogP contribution in [0.1, 0.15) is 12.8 Å². The van der Waals surface area contributed by atoms with E-state index in [2.05, 4.69) is 10.6 Å². The minimum absolute atomic E-state index is 0.0928. The van der Waals surface area contributed by atoms with E-state index < -0.39 is 18.5 Å². The van der Waals surface area contributed by atoms with E-state index in [0.717, 1.165) is 0 Å². The summed E-state index contributed by atoms with van der Waals surface area (Å²) in [7, 11) is 1.56. The topological polar surface area (TPSA) is 103 Å². The van der Waals surface area contributed by atoms with E-state index in [-0.39, 0.29) is 18.7 Å². The van der Waals surface area contributed by atoms with E-state index in [4.69, 9.17) is 25.8 Å². The van der Waals surface area contributed by atoms with Gasteiger partial charge in [-0.15, -0.1) is 0 Å². The average molecular weight is 483 g/mol. The van der Waals surface area contributed by atoms with Crippen LogP contribution in [-0.4, -0.2) is 31.5 Å². The molecule has 0 radical (unpaired) electrons. The summed E-state index contributed by atoms with van der Waals surface area (Å²) >= 11 is 5.96. The number of carbonyl (C=O) groups excluding carboxylic acids is 3. The fourth-order valence-electron chi connectivity index (χ4n) is 2.84. The highest BCUT2D eigenvalue weighted by atomic mass is 35.5. The van der Waals surface area contributed by atoms with Gasteiger partial charge in [0.25, 0.3) is 5.91 Å². The van der Waals surface area contributed by atoms with Crippen LogP contribution >= 0.6 is 11.6 Å². The molecular formula is C25H23ClN2O6. The first-order valence-electron chi connectivity index (χ1n) is 10.4. The van der Waals surface area contributed by atoms with Gasteiger partial charge in [-0.1, -0.05) is 35.9 Å². The molecule has 2 N–H and O–H groups in total. The van der Waals surface area contributed by atoms with Crippen LogP contribution in [0.3, 0.4) is 0 Å². The SMILES string of the molecule is COc1ccccc1Oc1ccc(NC(=O)CCC(=O)OCC(=O)Nc2ccccc2Cl)cc1. The minimum Gasteiger partial charge on any atom is -0.493 e. The van der Waals surface area contributed by atoms with Gasteiger partial charge in [0.2, 0.25) is 5.91 Å². The molecule has 3 rings (SSSR count). The van der Waals surface area contributed by atoms with Crippen LogP contribution < -0.4 is 20.1 Å². The summed E-state index contributed by atoms with van der Waals surface area (Å²) in [6.07, 6.45) is -0.259. The van der Waals surface area contributed by atoms with Crippen LogP contribution in [0.4, 0.5) is 11.4 Å². The lowest BCUT2D eigenvalue weighted by atomic mass is 10.2. The highest BCUT2D eigenvalue weighted by molar-refractivity contribution is 6.33. The first kappa shape index (κ1) is 24.6. The second-order valence-corrected chi connectivity index (χ2v) is 7.42. The molecule has 0 spiro atoms. The molecule has 0 aliphatic rings. The molecule has 8 nitrogen and oxygen atoms in total. The number of benzene rings is 3. The predicted octanol–water partition coefficient (Wildman–Crippen LogP) is 5.04. The van der Waals surface area contributed by atoms with Crippen LogP contribution in [0.25, 0.3) is 0 Å². The monoisotopic (exact) mass is 482 g/mol. The number of ether oxygens (including phenoxy) is 3. The molecule has 0 unspecified atom stereocenters. The van der Waals surface area contributed by atoms with Crippen molar-refractivity contribution in [3.8, 4) is 17.2 Å². The Morgan fingerprint density at radius 3 is 2.18 bits per heavy atom. The molecule has 0 heterocycles. The maximum atomic E-state index is 12.1. The molecule has 0 fully saturated rings. The van der Waals surface area contributed by atoms with Crippen molar-refractivity contribution >= 4 is 40.8 Å². The molecule has 0 bridgehead atoms. The molecule has 0 aliphatic carbocycles. The average Bonchev–Trinajstić information content (AvgIpc) is 2.84. The van der Waals surface area contributed by atoms with E-state index in [0.29, 0.717) is 33.6 Å². The normalized spacial score (nSPS) is 10.2. The van der Waals surface area contributed by atoms with Crippen molar-refractivity contribution in [2.24, 2.45) is 0 Å². The van der Waals surface area contributed by atoms with Gasteiger partial charge in [0.15, 0.2) is 18.1 Å². The molecule has 2 amide bonds. The number of esters is 1. The predicted molar refractivity (Wildman–Crippen MR) is 128 cm³/mol. The zero-order valence-electron chi connectivity index (χ0n) is 18.4. The zero-order valence-corrected chi connectivity index (χ0v) is 19.1. The Kier molecular flexibility index (Phi) is 8.88. The summed E-state index contributed by atoms with van der Waals surface area (Å²) in [4.78, 5) is 35.9. The summed E-state index contributed by atoms with van der Waals surface area (Å²) in [5.41, 5.74) is 0.966. The number of methoxy groups -OCH3 is 1. The number of anilines is 2. The largest absolute Gasteiger partial charge is 0.493 e. The van der Waals surface area contributed by atoms with Crippen molar-refractivity contribution in [1.29, 1.82) is 0 Å². The van der Waals surface area contributed by atoms with E-state index in [1.165, 1.54) is 0 Å². The Balaban J connectivity index is 1.39. The molecule has 3 aromatic carbocycles. The van der Waals surface area contributed by atoms with Gasteiger partial charge in [-0.2, -0.15) is 0 Å². The van der Waals surface area contributed by atoms with Gasteiger partial charge >= 0.3 is 5.97 Å². The molecule has 0 atom stereocenters. The highest BCUT2D eigenvalue weighted by Crippen LogP contribution is 2.31. The number of hydrogen-bond acceptors (Lipinski definition) is 6. The third kappa shape index (κ3) is 7.53. The maximum absolute atomic E-state index is 12.1. The van der Waals surface area contributed by atoms with Crippen molar-refractivity contribution < 1.29 is 28.6 Å². The van der Waals surface area contributed by atoms with Crippen molar-refractivity contribution in [2.75, 3.05) is 24.4 Å². The lowest BCUT2D eigenvalue weighted by Crippen LogP contribution is -2.22. The van der Waals surface area contributed by atoms with Gasteiger partial charge in [0, 0.05) is 12.1 Å². The number of rotatable bonds is 10. The fraction of sp³-hybridized carbons (Fsp3) is 0.160. The number of nitrogens with one attached hydrogen (secondary N) is 2. The number of para-hydroxylation sites is 3. The standard InChI is InChI=1S/C25H23ClN2O6/c1-32-21-8-4-5-9-22(21)34-18-12-10-17(11-13-18)27-23(29)14-15-25(31)33-16-24(30)28-20-7-3-2-6-19(20)26/h2-13H,14-16H2,1H3,(H,27,29)(H,28,30). The van der Waals surface area contributed by atoms with Gasteiger partial charge in [-0.05, 0) is 48.5 Å². The molecule has 0 aromatic heterocycles. The summed E-state index contributed by atoms with van der Waals surface area (Å²) in [5, 5.41) is 5.61. The van der Waals surface area contributed by atoms with E-state index in [9.17, 15) is 14.4 Å². The fourth-order valence-corrected chi connectivity index (χ4v) is 3.03. The van der Waals surface area contributed by atoms with Crippen molar-refractivity contribution in [3.63, 3.8) is 0 Å². The maximum Gasteiger partial charge on any atom is 0.306 e. The van der Waals surface area contributed by atoms with E-state index in [1.807, 2.05) is 12.1 Å². The van der Waals surface area contributed by atoms with Crippen LogP contribution in [0.15, 0.2) is 72.8 Å². The summed E-state index contributed by atoms with van der Waals surface area (Å²) in [6.45, 7) is -0.473. The molecule has 0 saturated carbocycles. The van der Waals surface area contributed by atoms with Crippen LogP contribution in [-0.2, 0) is 19.1 Å². The van der Waals surface area contributed by atoms with Gasteiger partial charge in [0.1, 0.15) is 5.75 Å². The second kappa shape index (κ2) is 12.3. The van der Waals surface area contributed by atoms with Gasteiger partial charge in [-0.3, -0.25) is 14.4 Å². The first-order valence-corrected chi connectivity index (χ1v) is 10.7. The van der Waals surface area contributed by atoms with Crippen molar-refractivity contribution in [1.82, 2.24) is 0 Å². The van der Waals surface area contributed by atoms with Gasteiger partial charge in [-0.25, -0.2) is 0 Å². The Morgan fingerprint density at radius 1 is 0.794 bits per heavy atom. The first-order chi connectivity index (χ1) is 16.4. The Bertz CT molecular complexity index is 1150. The molecule has 176 valence electrons. The Labute approximate surface area is 201 Å². The van der Waals surface area contributed by atoms with Crippen molar-refractivity contribution in [3.05, 3.63) is 77.8 Å². The molecule has 0 aliphatic heterocycles. The van der Waals surface area contributed by atoms with E-state index >= 15 is 0 Å². The smallest absolute Gasteiger partial charge is 0.306 e. The van der Waals surface area contributed by atoms with Crippen LogP contribution in [0.2, 0.25) is 5.02 Å². The number of carbonyl (C=O) groups is 3. The zero-order chi connectivity index (χ0) is 24.3. The summed E-state index contributed by atoms with van der Waals surface area (Å²) in [6, 6.07) is 20.7. The van der Waals surface area contributed by atoms with Gasteiger partial charge < -0.3 is 24.8 Å². The molecule has 34 heavy (non-hydrogen) atoms. The molecule has 9 heteroatoms. The van der Waals surface area contributed by atoms with Crippen molar-refractivity contribution in [2.45, 2.75) is 12.8 Å². The lowest BCUT2D eigenvalue weighted by molar-refractivity contribution is -0.147. The summed E-state index contributed by atoms with van der Waals surface area (Å²) in [5.74, 6) is 0.192. The number of hydrogen-bond donors (Lipinski definition) is 2. The Hall–Kier alpha value is -4.04. The van der Waals surface area contributed by atoms with Crippen LogP contribution in [0.5, 0.6) is 17.2 Å². The molecule has 3 aromatic rings. The van der Waals surface area contributed by atoms with E-state index in [1.54, 1.807) is 67.8 Å². The highest BCUT2D eigenvalue weighted by Gasteiger charge is 2.12. The molecular weight excluding hydrogens is 460 g/mol. The molecule has 0 saturated heterocycles. The number of halogens is 1. The third-order valence-electron chi connectivity index (χ3n) is 4.50. The van der Waals surface area contributed by atoms with Gasteiger partial charge in [0.05, 0.1) is 24.2 Å². The Morgan fingerprint density at radius 2 is 1.47 bits per heavy atom. The number of amides is 2. The quantitative estimate of drug-likeness (QED) is 0.392. The third-order valence-corrected chi connectivity index (χ3v) is 4.83. The lowest BCUT2D eigenvalue weighted by Gasteiger charge is -2.11. The van der Waals surface area contributed by atoms with Crippen LogP contribution in [0, 0.1) is 0 Å². The second-order valence-electron chi connectivity index (χ2n) is 7.01. The minimum atomic E-state index is -0.662. The summed E-state index contributed by atoms with van der Waals surface area (Å²) < 4.78 is 16.0.